The highest BCUT2D eigenvalue weighted by Gasteiger charge is 2.06. The molecule has 1 aromatic carbocycles. The van der Waals surface area contributed by atoms with Gasteiger partial charge in [-0.25, -0.2) is 4.79 Å². The van der Waals surface area contributed by atoms with Crippen LogP contribution in [0, 0.1) is 0 Å². The third-order valence-electron chi connectivity index (χ3n) is 2.18. The highest BCUT2D eigenvalue weighted by atomic mass is 16.4. The highest BCUT2D eigenvalue weighted by Crippen LogP contribution is 2.24. The number of H-pyrrole nitrogens is 1. The van der Waals surface area contributed by atoms with Crippen LogP contribution in [0.1, 0.15) is 6.92 Å². The maximum Gasteiger partial charge on any atom is 0.417 e. The van der Waals surface area contributed by atoms with Crippen LogP contribution in [0.4, 0.5) is 11.4 Å². The van der Waals surface area contributed by atoms with Crippen molar-refractivity contribution in [1.29, 1.82) is 0 Å². The molecule has 0 radical (unpaired) electrons. The Bertz CT molecular complexity index is 556. The normalized spacial score (nSPS) is 12.9. The number of rotatable bonds is 3. The number of aromatic amines is 1. The predicted octanol–water partition coefficient (Wildman–Crippen LogP) is 0.496. The maximum atomic E-state index is 11.0. The van der Waals surface area contributed by atoms with Crippen molar-refractivity contribution in [2.45, 2.75) is 13.0 Å². The van der Waals surface area contributed by atoms with Gasteiger partial charge in [0.15, 0.2) is 5.58 Å². The predicted molar refractivity (Wildman–Crippen MR) is 61.4 cm³/mol. The zero-order chi connectivity index (χ0) is 11.7. The summed E-state index contributed by atoms with van der Waals surface area (Å²) in [7, 11) is 0. The second-order valence-corrected chi connectivity index (χ2v) is 3.68. The lowest BCUT2D eigenvalue weighted by Crippen LogP contribution is -2.16. The first-order chi connectivity index (χ1) is 7.56. The summed E-state index contributed by atoms with van der Waals surface area (Å²) >= 11 is 0. The Hall–Kier alpha value is -1.95. The van der Waals surface area contributed by atoms with Gasteiger partial charge in [-0.3, -0.25) is 4.98 Å². The summed E-state index contributed by atoms with van der Waals surface area (Å²) in [6.07, 6.45) is -0.474. The molecule has 0 saturated heterocycles. The molecular weight excluding hydrogens is 210 g/mol. The molecule has 5 N–H and O–H groups in total. The first-order valence-electron chi connectivity index (χ1n) is 4.90. The van der Waals surface area contributed by atoms with Gasteiger partial charge in [0.25, 0.3) is 0 Å². The van der Waals surface area contributed by atoms with E-state index < -0.39 is 11.9 Å². The van der Waals surface area contributed by atoms with E-state index in [9.17, 15) is 4.79 Å². The summed E-state index contributed by atoms with van der Waals surface area (Å²) in [5, 5.41) is 12.1. The Morgan fingerprint density at radius 2 is 2.38 bits per heavy atom. The molecule has 2 rings (SSSR count). The topological polar surface area (TPSA) is 104 Å². The largest absolute Gasteiger partial charge is 0.417 e. The molecule has 6 heteroatoms. The minimum absolute atomic E-state index is 0.387. The summed E-state index contributed by atoms with van der Waals surface area (Å²) in [4.78, 5) is 13.5. The monoisotopic (exact) mass is 223 g/mol. The van der Waals surface area contributed by atoms with Gasteiger partial charge in [0.05, 0.1) is 23.0 Å². The number of aliphatic hydroxyl groups is 1. The maximum absolute atomic E-state index is 11.0. The lowest BCUT2D eigenvalue weighted by atomic mass is 10.2. The van der Waals surface area contributed by atoms with E-state index in [2.05, 4.69) is 10.3 Å². The van der Waals surface area contributed by atoms with E-state index in [1.807, 2.05) is 0 Å². The molecule has 1 atom stereocenters. The Morgan fingerprint density at radius 1 is 1.62 bits per heavy atom. The molecule has 0 bridgehead atoms. The van der Waals surface area contributed by atoms with E-state index >= 15 is 0 Å². The Kier molecular flexibility index (Phi) is 2.57. The van der Waals surface area contributed by atoms with Gasteiger partial charge in [0, 0.05) is 12.6 Å². The lowest BCUT2D eigenvalue weighted by molar-refractivity contribution is 0.208. The molecule has 0 saturated carbocycles. The number of hydrogen-bond donors (Lipinski definition) is 4. The molecular formula is C10H13N3O3. The minimum Gasteiger partial charge on any atom is -0.408 e. The van der Waals surface area contributed by atoms with E-state index in [1.165, 1.54) is 0 Å². The zero-order valence-corrected chi connectivity index (χ0v) is 8.78. The fourth-order valence-corrected chi connectivity index (χ4v) is 1.42. The van der Waals surface area contributed by atoms with Gasteiger partial charge >= 0.3 is 5.76 Å². The summed E-state index contributed by atoms with van der Waals surface area (Å²) in [5.41, 5.74) is 7.89. The summed E-state index contributed by atoms with van der Waals surface area (Å²) in [6.45, 7) is 2.05. The van der Waals surface area contributed by atoms with Crippen molar-refractivity contribution in [3.63, 3.8) is 0 Å². The van der Waals surface area contributed by atoms with Gasteiger partial charge in [0.1, 0.15) is 0 Å². The number of aliphatic hydroxyl groups excluding tert-OH is 1. The molecule has 1 aromatic heterocycles. The average Bonchev–Trinajstić information content (AvgIpc) is 2.53. The number of fused-ring (bicyclic) bond motifs is 1. The molecule has 0 aliphatic carbocycles. The fourth-order valence-electron chi connectivity index (χ4n) is 1.42. The molecule has 0 aliphatic heterocycles. The number of aromatic nitrogens is 1. The first-order valence-corrected chi connectivity index (χ1v) is 4.90. The molecule has 1 unspecified atom stereocenters. The molecule has 86 valence electrons. The van der Waals surface area contributed by atoms with Crippen LogP contribution in [0.25, 0.3) is 11.1 Å². The zero-order valence-electron chi connectivity index (χ0n) is 8.78. The van der Waals surface area contributed by atoms with Crippen LogP contribution in [0.5, 0.6) is 0 Å². The summed E-state index contributed by atoms with van der Waals surface area (Å²) < 4.78 is 4.86. The van der Waals surface area contributed by atoms with Gasteiger partial charge in [-0.2, -0.15) is 0 Å². The number of nitrogens with one attached hydrogen (secondary N) is 2. The van der Waals surface area contributed by atoms with E-state index in [1.54, 1.807) is 19.1 Å². The average molecular weight is 223 g/mol. The standard InChI is InChI=1S/C10H13N3O3/c1-5(14)4-12-7-3-8-9(2-6(7)11)16-10(15)13-8/h2-3,5,12,14H,4,11H2,1H3,(H,13,15). The second kappa shape index (κ2) is 3.90. The first kappa shape index (κ1) is 10.6. The van der Waals surface area contributed by atoms with Crippen LogP contribution >= 0.6 is 0 Å². The van der Waals surface area contributed by atoms with Gasteiger partial charge in [-0.05, 0) is 13.0 Å². The van der Waals surface area contributed by atoms with Crippen molar-refractivity contribution in [2.24, 2.45) is 0 Å². The van der Waals surface area contributed by atoms with Crippen molar-refractivity contribution in [1.82, 2.24) is 4.98 Å². The third-order valence-corrected chi connectivity index (χ3v) is 2.18. The number of nitrogens with two attached hydrogens (primary N) is 1. The number of hydrogen-bond acceptors (Lipinski definition) is 5. The van der Waals surface area contributed by atoms with E-state index in [0.29, 0.717) is 29.0 Å². The molecule has 0 spiro atoms. The smallest absolute Gasteiger partial charge is 0.408 e. The van der Waals surface area contributed by atoms with Crippen molar-refractivity contribution in [3.05, 3.63) is 22.7 Å². The minimum atomic E-state index is -0.512. The van der Waals surface area contributed by atoms with E-state index in [0.717, 1.165) is 0 Å². The fraction of sp³-hybridized carbons (Fsp3) is 0.300. The SMILES string of the molecule is CC(O)CNc1cc2[nH]c(=O)oc2cc1N. The lowest BCUT2D eigenvalue weighted by Gasteiger charge is -2.10. The van der Waals surface area contributed by atoms with E-state index in [-0.39, 0.29) is 0 Å². The number of oxazole rings is 1. The Morgan fingerprint density at radius 3 is 3.06 bits per heavy atom. The number of anilines is 2. The van der Waals surface area contributed by atoms with E-state index in [4.69, 9.17) is 15.3 Å². The van der Waals surface area contributed by atoms with Crippen LogP contribution in [-0.2, 0) is 0 Å². The second-order valence-electron chi connectivity index (χ2n) is 3.68. The van der Waals surface area contributed by atoms with Crippen LogP contribution in [0.3, 0.4) is 0 Å². The van der Waals surface area contributed by atoms with Crippen LogP contribution in [0.2, 0.25) is 0 Å². The summed E-state index contributed by atoms with van der Waals surface area (Å²) in [5.74, 6) is -0.512. The Labute approximate surface area is 91.1 Å². The van der Waals surface area contributed by atoms with Gasteiger partial charge in [-0.1, -0.05) is 0 Å². The van der Waals surface area contributed by atoms with Crippen molar-refractivity contribution >= 4 is 22.5 Å². The van der Waals surface area contributed by atoms with Crippen LogP contribution in [-0.4, -0.2) is 22.7 Å². The Balaban J connectivity index is 2.37. The molecule has 2 aromatic rings. The molecule has 0 amide bonds. The van der Waals surface area contributed by atoms with Crippen molar-refractivity contribution in [2.75, 3.05) is 17.6 Å². The molecule has 16 heavy (non-hydrogen) atoms. The van der Waals surface area contributed by atoms with Gasteiger partial charge < -0.3 is 20.6 Å². The van der Waals surface area contributed by atoms with Crippen LogP contribution in [0.15, 0.2) is 21.3 Å². The van der Waals surface area contributed by atoms with Crippen molar-refractivity contribution in [3.8, 4) is 0 Å². The molecule has 6 nitrogen and oxygen atoms in total. The van der Waals surface area contributed by atoms with Gasteiger partial charge in [0.2, 0.25) is 0 Å². The summed E-state index contributed by atoms with van der Waals surface area (Å²) in [6, 6.07) is 3.25. The third kappa shape index (κ3) is 2.01. The quantitative estimate of drug-likeness (QED) is 0.567. The molecule has 0 fully saturated rings. The van der Waals surface area contributed by atoms with Crippen molar-refractivity contribution < 1.29 is 9.52 Å². The number of nitrogen functional groups attached to an aromatic ring is 1. The van der Waals surface area contributed by atoms with Crippen LogP contribution < -0.4 is 16.8 Å². The number of benzene rings is 1. The highest BCUT2D eigenvalue weighted by molar-refractivity contribution is 5.85. The molecule has 0 aliphatic rings. The molecule has 1 heterocycles. The van der Waals surface area contributed by atoms with Gasteiger partial charge in [-0.15, -0.1) is 0 Å².